The topological polar surface area (TPSA) is 67.8 Å². The second kappa shape index (κ2) is 7.07. The third-order valence-electron chi connectivity index (χ3n) is 2.23. The van der Waals surface area contributed by atoms with Crippen molar-refractivity contribution in [2.45, 2.75) is 58.7 Å². The molecule has 2 N–H and O–H groups in total. The smallest absolute Gasteiger partial charge is 0.326 e. The quantitative estimate of drug-likeness (QED) is 0.650. The largest absolute Gasteiger partial charge is 0.480 e. The first kappa shape index (κ1) is 17.4. The van der Waals surface area contributed by atoms with Crippen LogP contribution in [0.3, 0.4) is 0 Å². The number of carboxylic acids is 1. The molecule has 108 valence electrons. The van der Waals surface area contributed by atoms with Gasteiger partial charge in [-0.3, -0.25) is 10.1 Å². The summed E-state index contributed by atoms with van der Waals surface area (Å²) >= 11 is 0. The molecule has 0 saturated heterocycles. The number of hydrogen-bond acceptors (Lipinski definition) is 4. The van der Waals surface area contributed by atoms with Gasteiger partial charge in [0.2, 0.25) is 0 Å². The molecule has 1 unspecified atom stereocenters. The third kappa shape index (κ3) is 7.63. The molecule has 0 aliphatic rings. The Bertz CT molecular complexity index is 260. The van der Waals surface area contributed by atoms with Crippen LogP contribution in [0.2, 0.25) is 0 Å². The Morgan fingerprint density at radius 2 is 1.78 bits per heavy atom. The van der Waals surface area contributed by atoms with Crippen LogP contribution in [-0.2, 0) is 14.3 Å². The summed E-state index contributed by atoms with van der Waals surface area (Å²) in [5, 5.41) is 12.2. The summed E-state index contributed by atoms with van der Waals surface area (Å²) < 4.78 is 10.9. The van der Waals surface area contributed by atoms with Crippen molar-refractivity contribution in [3.8, 4) is 0 Å². The summed E-state index contributed by atoms with van der Waals surface area (Å²) in [4.78, 5) is 11.2. The lowest BCUT2D eigenvalue weighted by molar-refractivity contribution is -0.148. The summed E-state index contributed by atoms with van der Waals surface area (Å²) in [7, 11) is 0. The second-order valence-electron chi connectivity index (χ2n) is 5.95. The highest BCUT2D eigenvalue weighted by atomic mass is 16.5. The number of carbonyl (C=O) groups is 1. The summed E-state index contributed by atoms with van der Waals surface area (Å²) in [6.45, 7) is 12.3. The Kier molecular flexibility index (Phi) is 6.81. The first-order valence-electron chi connectivity index (χ1n) is 6.29. The lowest BCUT2D eigenvalue weighted by Crippen LogP contribution is -2.55. The lowest BCUT2D eigenvalue weighted by Gasteiger charge is -2.28. The van der Waals surface area contributed by atoms with Crippen molar-refractivity contribution in [3.05, 3.63) is 0 Å². The zero-order valence-electron chi connectivity index (χ0n) is 12.4. The number of rotatable bonds is 8. The third-order valence-corrected chi connectivity index (χ3v) is 2.23. The van der Waals surface area contributed by atoms with Crippen LogP contribution in [0.4, 0.5) is 0 Å². The van der Waals surface area contributed by atoms with E-state index < -0.39 is 11.5 Å². The van der Waals surface area contributed by atoms with Gasteiger partial charge in [0.15, 0.2) is 0 Å². The Labute approximate surface area is 110 Å². The van der Waals surface area contributed by atoms with E-state index in [2.05, 4.69) is 5.32 Å². The van der Waals surface area contributed by atoms with Gasteiger partial charge in [-0.25, -0.2) is 0 Å². The highest BCUT2D eigenvalue weighted by Gasteiger charge is 2.33. The molecule has 18 heavy (non-hydrogen) atoms. The summed E-state index contributed by atoms with van der Waals surface area (Å²) in [5.74, 6) is -0.909. The molecule has 5 nitrogen and oxygen atoms in total. The maximum atomic E-state index is 11.2. The highest BCUT2D eigenvalue weighted by Crippen LogP contribution is 2.08. The molecule has 0 spiro atoms. The van der Waals surface area contributed by atoms with E-state index in [9.17, 15) is 9.90 Å². The molecule has 0 saturated carbocycles. The Morgan fingerprint density at radius 3 is 2.17 bits per heavy atom. The molecule has 0 aromatic heterocycles. The maximum absolute atomic E-state index is 11.2. The zero-order valence-corrected chi connectivity index (χ0v) is 12.4. The van der Waals surface area contributed by atoms with Gasteiger partial charge in [-0.1, -0.05) is 0 Å². The number of aliphatic carboxylic acids is 1. The summed E-state index contributed by atoms with van der Waals surface area (Å²) in [6.07, 6.45) is 0. The van der Waals surface area contributed by atoms with Gasteiger partial charge in [0.05, 0.1) is 25.4 Å². The van der Waals surface area contributed by atoms with E-state index >= 15 is 0 Å². The molecule has 0 rings (SSSR count). The SMILES string of the molecule is CC(C)NC(C)(COCCOC(C)(C)C)C(=O)O. The van der Waals surface area contributed by atoms with E-state index in [1.54, 1.807) is 6.92 Å². The highest BCUT2D eigenvalue weighted by molar-refractivity contribution is 5.78. The Morgan fingerprint density at radius 1 is 1.22 bits per heavy atom. The minimum absolute atomic E-state index is 0.0838. The van der Waals surface area contributed by atoms with E-state index in [0.29, 0.717) is 13.2 Å². The Balaban J connectivity index is 4.03. The molecule has 0 bridgehead atoms. The average molecular weight is 261 g/mol. The van der Waals surface area contributed by atoms with Gasteiger partial charge < -0.3 is 14.6 Å². The zero-order chi connectivity index (χ0) is 14.4. The van der Waals surface area contributed by atoms with E-state index in [1.165, 1.54) is 0 Å². The molecule has 0 radical (unpaired) electrons. The van der Waals surface area contributed by atoms with E-state index in [1.807, 2.05) is 34.6 Å². The van der Waals surface area contributed by atoms with Crippen LogP contribution in [0.15, 0.2) is 0 Å². The molecular weight excluding hydrogens is 234 g/mol. The monoisotopic (exact) mass is 261 g/mol. The average Bonchev–Trinajstić information content (AvgIpc) is 2.13. The van der Waals surface area contributed by atoms with Crippen LogP contribution >= 0.6 is 0 Å². The van der Waals surface area contributed by atoms with Crippen molar-refractivity contribution in [2.24, 2.45) is 0 Å². The number of carboxylic acid groups (broad SMARTS) is 1. The molecule has 0 fully saturated rings. The normalized spacial score (nSPS) is 15.7. The van der Waals surface area contributed by atoms with Crippen LogP contribution < -0.4 is 5.32 Å². The van der Waals surface area contributed by atoms with Crippen LogP contribution in [0.1, 0.15) is 41.5 Å². The lowest BCUT2D eigenvalue weighted by atomic mass is 10.0. The van der Waals surface area contributed by atoms with Crippen LogP contribution in [0, 0.1) is 0 Å². The standard InChI is InChI=1S/C13H27NO4/c1-10(2)14-13(6,11(15)16)9-17-7-8-18-12(3,4)5/h10,14H,7-9H2,1-6H3,(H,15,16). The molecule has 0 heterocycles. The van der Waals surface area contributed by atoms with Gasteiger partial charge in [0, 0.05) is 6.04 Å². The maximum Gasteiger partial charge on any atom is 0.326 e. The molecule has 0 aliphatic carbocycles. The molecule has 5 heteroatoms. The minimum Gasteiger partial charge on any atom is -0.480 e. The summed E-state index contributed by atoms with van der Waals surface area (Å²) in [6, 6.07) is 0.0838. The van der Waals surface area contributed by atoms with Gasteiger partial charge in [-0.15, -0.1) is 0 Å². The van der Waals surface area contributed by atoms with Crippen LogP contribution in [0.25, 0.3) is 0 Å². The molecule has 0 aliphatic heterocycles. The van der Waals surface area contributed by atoms with Gasteiger partial charge in [-0.2, -0.15) is 0 Å². The fraction of sp³-hybridized carbons (Fsp3) is 0.923. The van der Waals surface area contributed by atoms with E-state index in [0.717, 1.165) is 0 Å². The predicted molar refractivity (Wildman–Crippen MR) is 70.8 cm³/mol. The molecular formula is C13H27NO4. The van der Waals surface area contributed by atoms with Crippen molar-refractivity contribution >= 4 is 5.97 Å². The van der Waals surface area contributed by atoms with Gasteiger partial charge in [-0.05, 0) is 41.5 Å². The molecule has 0 aromatic rings. The molecule has 0 aromatic carbocycles. The predicted octanol–water partition coefficient (Wildman–Crippen LogP) is 1.66. The number of hydrogen-bond donors (Lipinski definition) is 2. The van der Waals surface area contributed by atoms with Crippen LogP contribution in [0.5, 0.6) is 0 Å². The fourth-order valence-corrected chi connectivity index (χ4v) is 1.49. The van der Waals surface area contributed by atoms with Gasteiger partial charge >= 0.3 is 5.97 Å². The molecule has 0 amide bonds. The van der Waals surface area contributed by atoms with Gasteiger partial charge in [0.25, 0.3) is 0 Å². The van der Waals surface area contributed by atoms with Crippen molar-refractivity contribution in [3.63, 3.8) is 0 Å². The van der Waals surface area contributed by atoms with Crippen molar-refractivity contribution in [1.29, 1.82) is 0 Å². The van der Waals surface area contributed by atoms with Crippen LogP contribution in [-0.4, -0.2) is 48.1 Å². The van der Waals surface area contributed by atoms with Crippen molar-refractivity contribution in [1.82, 2.24) is 5.32 Å². The van der Waals surface area contributed by atoms with Gasteiger partial charge in [0.1, 0.15) is 5.54 Å². The fourth-order valence-electron chi connectivity index (χ4n) is 1.49. The number of nitrogens with one attached hydrogen (secondary N) is 1. The van der Waals surface area contributed by atoms with E-state index in [-0.39, 0.29) is 18.2 Å². The minimum atomic E-state index is -1.06. The first-order valence-corrected chi connectivity index (χ1v) is 6.29. The summed E-state index contributed by atoms with van der Waals surface area (Å²) in [5.41, 5.74) is -1.26. The van der Waals surface area contributed by atoms with Crippen molar-refractivity contribution in [2.75, 3.05) is 19.8 Å². The van der Waals surface area contributed by atoms with Crippen molar-refractivity contribution < 1.29 is 19.4 Å². The molecule has 1 atom stereocenters. The Hall–Kier alpha value is -0.650. The first-order chi connectivity index (χ1) is 8.07. The number of ether oxygens (including phenoxy) is 2. The van der Waals surface area contributed by atoms with E-state index in [4.69, 9.17) is 9.47 Å². The second-order valence-corrected chi connectivity index (χ2v) is 5.95.